The topological polar surface area (TPSA) is 93.7 Å². The van der Waals surface area contributed by atoms with Crippen LogP contribution in [0.1, 0.15) is 36.7 Å². The molecule has 1 saturated heterocycles. The van der Waals surface area contributed by atoms with Crippen LogP contribution in [0.15, 0.2) is 60.3 Å². The van der Waals surface area contributed by atoms with Crippen molar-refractivity contribution >= 4 is 29.2 Å². The van der Waals surface area contributed by atoms with E-state index in [9.17, 15) is 14.4 Å². The van der Waals surface area contributed by atoms with Gasteiger partial charge in [0.25, 0.3) is 11.7 Å². The van der Waals surface area contributed by atoms with Crippen LogP contribution in [0, 0.1) is 0 Å². The molecule has 7 nitrogen and oxygen atoms in total. The summed E-state index contributed by atoms with van der Waals surface area (Å²) in [4.78, 5) is 36.3. The molecule has 2 N–H and O–H groups in total. The molecule has 1 aliphatic rings. The zero-order valence-corrected chi connectivity index (χ0v) is 16.4. The number of anilines is 2. The van der Waals surface area contributed by atoms with Crippen molar-refractivity contribution in [3.05, 3.63) is 71.4 Å². The Bertz CT molecular complexity index is 955. The Morgan fingerprint density at radius 1 is 1.00 bits per heavy atom. The van der Waals surface area contributed by atoms with Crippen LogP contribution >= 0.6 is 0 Å². The molecule has 0 atom stereocenters. The third-order valence-corrected chi connectivity index (χ3v) is 4.29. The monoisotopic (exact) mass is 394 g/mol. The molecule has 7 heteroatoms. The van der Waals surface area contributed by atoms with E-state index in [2.05, 4.69) is 10.6 Å². The third-order valence-electron chi connectivity index (χ3n) is 4.29. The number of ether oxygens (including phenoxy) is 2. The Kier molecular flexibility index (Phi) is 5.68. The van der Waals surface area contributed by atoms with Gasteiger partial charge in [0.05, 0.1) is 0 Å². The first-order valence-corrected chi connectivity index (χ1v) is 9.22. The molecule has 0 aromatic heterocycles. The number of para-hydroxylation sites is 1. The van der Waals surface area contributed by atoms with Crippen molar-refractivity contribution in [1.29, 1.82) is 0 Å². The molecule has 1 fully saturated rings. The van der Waals surface area contributed by atoms with E-state index in [1.165, 1.54) is 20.0 Å². The molecule has 0 unspecified atom stereocenters. The predicted molar refractivity (Wildman–Crippen MR) is 108 cm³/mol. The van der Waals surface area contributed by atoms with Gasteiger partial charge in [-0.3, -0.25) is 4.79 Å². The average Bonchev–Trinajstić information content (AvgIpc) is 2.67. The van der Waals surface area contributed by atoms with Crippen LogP contribution in [-0.4, -0.2) is 23.6 Å². The Morgan fingerprint density at radius 3 is 2.24 bits per heavy atom. The molecule has 2 aromatic carbocycles. The average molecular weight is 394 g/mol. The molecule has 0 spiro atoms. The molecule has 2 aromatic rings. The van der Waals surface area contributed by atoms with Crippen LogP contribution in [0.3, 0.4) is 0 Å². The van der Waals surface area contributed by atoms with Gasteiger partial charge in [-0.1, -0.05) is 25.1 Å². The van der Waals surface area contributed by atoms with E-state index in [1.54, 1.807) is 24.3 Å². The number of hydrogen-bond acceptors (Lipinski definition) is 6. The molecule has 0 saturated carbocycles. The predicted octanol–water partition coefficient (Wildman–Crippen LogP) is 3.63. The van der Waals surface area contributed by atoms with Gasteiger partial charge in [-0.2, -0.15) is 0 Å². The molecular weight excluding hydrogens is 372 g/mol. The van der Waals surface area contributed by atoms with Crippen LogP contribution in [0.5, 0.6) is 0 Å². The number of carbonyl (C=O) groups is 3. The van der Waals surface area contributed by atoms with E-state index in [0.29, 0.717) is 11.3 Å². The lowest BCUT2D eigenvalue weighted by Gasteiger charge is -2.29. The van der Waals surface area contributed by atoms with E-state index < -0.39 is 17.7 Å². The van der Waals surface area contributed by atoms with Crippen molar-refractivity contribution in [2.45, 2.75) is 33.0 Å². The lowest BCUT2D eigenvalue weighted by molar-refractivity contribution is -0.222. The summed E-state index contributed by atoms with van der Waals surface area (Å²) in [6.45, 7) is 4.99. The third kappa shape index (κ3) is 4.82. The maximum Gasteiger partial charge on any atom is 0.350 e. The summed E-state index contributed by atoms with van der Waals surface area (Å²) in [5, 5.41) is 5.75. The lowest BCUT2D eigenvalue weighted by atomic mass is 10.1. The highest BCUT2D eigenvalue weighted by Gasteiger charge is 2.38. The summed E-state index contributed by atoms with van der Waals surface area (Å²) < 4.78 is 10.1. The van der Waals surface area contributed by atoms with E-state index in [-0.39, 0.29) is 11.5 Å². The number of benzene rings is 2. The fraction of sp³-hybridized carbons (Fsp3) is 0.227. The number of esters is 2. The molecule has 1 aliphatic heterocycles. The van der Waals surface area contributed by atoms with Gasteiger partial charge >= 0.3 is 11.9 Å². The molecular formula is C22H22N2O5. The smallest absolute Gasteiger partial charge is 0.350 e. The lowest BCUT2D eigenvalue weighted by Crippen LogP contribution is -2.42. The summed E-state index contributed by atoms with van der Waals surface area (Å²) in [6.07, 6.45) is 2.04. The van der Waals surface area contributed by atoms with E-state index in [1.807, 2.05) is 31.2 Å². The number of aryl methyl sites for hydroxylation is 1. The van der Waals surface area contributed by atoms with Gasteiger partial charge in [-0.15, -0.1) is 0 Å². The van der Waals surface area contributed by atoms with Crippen molar-refractivity contribution in [2.24, 2.45) is 0 Å². The van der Waals surface area contributed by atoms with Gasteiger partial charge in [0.1, 0.15) is 0 Å². The van der Waals surface area contributed by atoms with Crippen molar-refractivity contribution in [2.75, 3.05) is 10.6 Å². The van der Waals surface area contributed by atoms with Gasteiger partial charge in [0.2, 0.25) is 0 Å². The van der Waals surface area contributed by atoms with Gasteiger partial charge < -0.3 is 20.1 Å². The van der Waals surface area contributed by atoms with E-state index in [0.717, 1.165) is 17.7 Å². The fourth-order valence-electron chi connectivity index (χ4n) is 2.80. The van der Waals surface area contributed by atoms with Gasteiger partial charge in [-0.05, 0) is 42.3 Å². The van der Waals surface area contributed by atoms with E-state index in [4.69, 9.17) is 9.47 Å². The summed E-state index contributed by atoms with van der Waals surface area (Å²) in [7, 11) is 0. The van der Waals surface area contributed by atoms with Gasteiger partial charge in [0, 0.05) is 37.0 Å². The molecule has 0 aliphatic carbocycles. The number of nitrogens with one attached hydrogen (secondary N) is 2. The molecule has 1 heterocycles. The Hall–Kier alpha value is -3.61. The Labute approximate surface area is 168 Å². The SMILES string of the molecule is CCc1ccccc1NC(=O)c1ccc(NC=C2C(=O)OC(C)(C)OC2=O)cc1. The molecule has 0 bridgehead atoms. The summed E-state index contributed by atoms with van der Waals surface area (Å²) in [5.74, 6) is -3.03. The maximum absolute atomic E-state index is 12.5. The molecule has 3 rings (SSSR count). The Morgan fingerprint density at radius 2 is 1.62 bits per heavy atom. The largest absolute Gasteiger partial charge is 0.419 e. The summed E-state index contributed by atoms with van der Waals surface area (Å²) in [5.41, 5.74) is 2.67. The van der Waals surface area contributed by atoms with Crippen molar-refractivity contribution < 1.29 is 23.9 Å². The highest BCUT2D eigenvalue weighted by molar-refractivity contribution is 6.15. The second kappa shape index (κ2) is 8.18. The number of rotatable bonds is 5. The molecule has 150 valence electrons. The first kappa shape index (κ1) is 20.1. The quantitative estimate of drug-likeness (QED) is 0.457. The summed E-state index contributed by atoms with van der Waals surface area (Å²) >= 11 is 0. The van der Waals surface area contributed by atoms with E-state index >= 15 is 0 Å². The first-order valence-electron chi connectivity index (χ1n) is 9.22. The standard InChI is InChI=1S/C22H22N2O5/c1-4-14-7-5-6-8-18(14)24-19(25)15-9-11-16(12-10-15)23-13-17-20(26)28-22(2,3)29-21(17)27/h5-13,23H,4H2,1-3H3,(H,24,25). The number of carbonyl (C=O) groups excluding carboxylic acids is 3. The zero-order valence-electron chi connectivity index (χ0n) is 16.4. The van der Waals surface area contributed by atoms with Gasteiger partial charge in [0.15, 0.2) is 5.57 Å². The van der Waals surface area contributed by atoms with Crippen LogP contribution in [-0.2, 0) is 25.5 Å². The Balaban J connectivity index is 1.67. The minimum atomic E-state index is -1.28. The molecule has 1 amide bonds. The van der Waals surface area contributed by atoms with Gasteiger partial charge in [-0.25, -0.2) is 9.59 Å². The minimum absolute atomic E-state index is 0.225. The number of cyclic esters (lactones) is 2. The second-order valence-corrected chi connectivity index (χ2v) is 6.92. The molecule has 0 radical (unpaired) electrons. The van der Waals surface area contributed by atoms with Crippen LogP contribution in [0.25, 0.3) is 0 Å². The van der Waals surface area contributed by atoms with Crippen molar-refractivity contribution in [3.63, 3.8) is 0 Å². The highest BCUT2D eigenvalue weighted by atomic mass is 16.7. The first-order chi connectivity index (χ1) is 13.8. The van der Waals surface area contributed by atoms with Crippen molar-refractivity contribution in [1.82, 2.24) is 0 Å². The van der Waals surface area contributed by atoms with Crippen LogP contribution in [0.4, 0.5) is 11.4 Å². The second-order valence-electron chi connectivity index (χ2n) is 6.92. The fourth-order valence-corrected chi connectivity index (χ4v) is 2.80. The maximum atomic E-state index is 12.5. The zero-order chi connectivity index (χ0) is 21.0. The van der Waals surface area contributed by atoms with Crippen LogP contribution in [0.2, 0.25) is 0 Å². The van der Waals surface area contributed by atoms with Crippen LogP contribution < -0.4 is 10.6 Å². The number of amides is 1. The number of hydrogen-bond donors (Lipinski definition) is 2. The molecule has 29 heavy (non-hydrogen) atoms. The minimum Gasteiger partial charge on any atom is -0.419 e. The van der Waals surface area contributed by atoms with Crippen molar-refractivity contribution in [3.8, 4) is 0 Å². The highest BCUT2D eigenvalue weighted by Crippen LogP contribution is 2.23. The summed E-state index contributed by atoms with van der Waals surface area (Å²) in [6, 6.07) is 14.3. The normalized spacial score (nSPS) is 15.2.